The Kier molecular flexibility index (Phi) is 41.6. The van der Waals surface area contributed by atoms with Crippen molar-refractivity contribution in [1.29, 1.82) is 0 Å². The van der Waals surface area contributed by atoms with Gasteiger partial charge in [0.05, 0.1) is 39.9 Å². The predicted molar refractivity (Wildman–Crippen MR) is 258 cm³/mol. The maximum Gasteiger partial charge on any atom is 0.472 e. The summed E-state index contributed by atoms with van der Waals surface area (Å²) in [4.78, 5) is 23.2. The largest absolute Gasteiger partial charge is 0.472 e. The monoisotopic (exact) mass is 866 g/mol. The van der Waals surface area contributed by atoms with Gasteiger partial charge in [0.15, 0.2) is 0 Å². The first-order valence-corrected chi connectivity index (χ1v) is 26.5. The third-order valence-electron chi connectivity index (χ3n) is 11.1. The van der Waals surface area contributed by atoms with Crippen LogP contribution < -0.4 is 5.32 Å². The summed E-state index contributed by atoms with van der Waals surface area (Å²) >= 11 is 0. The molecule has 3 unspecified atom stereocenters. The van der Waals surface area contributed by atoms with E-state index in [1.807, 2.05) is 21.1 Å². The van der Waals surface area contributed by atoms with Crippen LogP contribution in [0.2, 0.25) is 0 Å². The molecule has 0 saturated heterocycles. The van der Waals surface area contributed by atoms with E-state index in [9.17, 15) is 19.4 Å². The summed E-state index contributed by atoms with van der Waals surface area (Å²) in [7, 11) is 1.61. The second-order valence-electron chi connectivity index (χ2n) is 18.2. The molecule has 0 spiro atoms. The number of quaternary nitrogens is 1. The number of hydrogen-bond donors (Lipinski definition) is 3. The molecule has 0 aliphatic rings. The molecule has 0 heterocycles. The molecule has 0 saturated carbocycles. The number of phosphoric acid groups is 1. The topological polar surface area (TPSA) is 105 Å². The summed E-state index contributed by atoms with van der Waals surface area (Å²) in [5.74, 6) is -0.148. The molecular weight excluding hydrogens is 768 g/mol. The number of allylic oxidation sites excluding steroid dienone is 8. The summed E-state index contributed by atoms with van der Waals surface area (Å²) in [6.07, 6.45) is 54.3. The normalized spacial score (nSPS) is 14.6. The first-order chi connectivity index (χ1) is 29.0. The smallest absolute Gasteiger partial charge is 0.391 e. The highest BCUT2D eigenvalue weighted by atomic mass is 31.2. The number of aliphatic hydroxyl groups is 1. The van der Waals surface area contributed by atoms with Gasteiger partial charge in [-0.15, -0.1) is 0 Å². The van der Waals surface area contributed by atoms with Gasteiger partial charge in [-0.3, -0.25) is 13.8 Å². The van der Waals surface area contributed by atoms with E-state index >= 15 is 0 Å². The minimum absolute atomic E-state index is 0.0734. The number of nitrogens with zero attached hydrogens (tertiary/aromatic N) is 1. The Balaban J connectivity index is 4.19. The predicted octanol–water partition coefficient (Wildman–Crippen LogP) is 14.4. The zero-order chi connectivity index (χ0) is 44.3. The molecular formula is C51H98N2O6P+. The van der Waals surface area contributed by atoms with Gasteiger partial charge in [0, 0.05) is 6.42 Å². The first-order valence-electron chi connectivity index (χ1n) is 25.0. The van der Waals surface area contributed by atoms with Gasteiger partial charge in [0.25, 0.3) is 0 Å². The maximum atomic E-state index is 12.9. The van der Waals surface area contributed by atoms with Gasteiger partial charge in [-0.25, -0.2) is 4.57 Å². The lowest BCUT2D eigenvalue weighted by Gasteiger charge is -2.26. The average Bonchev–Trinajstić information content (AvgIpc) is 3.20. The van der Waals surface area contributed by atoms with Crippen LogP contribution in [-0.4, -0.2) is 73.4 Å². The molecule has 0 aliphatic carbocycles. The molecule has 3 atom stereocenters. The summed E-state index contributed by atoms with van der Waals surface area (Å²) < 4.78 is 23.7. The number of unbranched alkanes of at least 4 members (excludes halogenated alkanes) is 24. The number of amides is 1. The second-order valence-corrected chi connectivity index (χ2v) is 19.6. The van der Waals surface area contributed by atoms with Gasteiger partial charge in [-0.1, -0.05) is 210 Å². The molecule has 1 amide bonds. The Bertz CT molecular complexity index is 1120. The Hall–Kier alpha value is -1.54. The van der Waals surface area contributed by atoms with Crippen LogP contribution in [0, 0.1) is 0 Å². The van der Waals surface area contributed by atoms with Gasteiger partial charge < -0.3 is 19.8 Å². The van der Waals surface area contributed by atoms with Crippen LogP contribution in [0.4, 0.5) is 0 Å². The van der Waals surface area contributed by atoms with Crippen LogP contribution in [0.3, 0.4) is 0 Å². The minimum Gasteiger partial charge on any atom is -0.391 e. The summed E-state index contributed by atoms with van der Waals surface area (Å²) in [6, 6.07) is -0.761. The third kappa shape index (κ3) is 44.5. The highest BCUT2D eigenvalue weighted by Crippen LogP contribution is 2.43. The summed E-state index contributed by atoms with van der Waals surface area (Å²) in [5, 5.41) is 14.0. The van der Waals surface area contributed by atoms with Crippen LogP contribution in [0.15, 0.2) is 48.6 Å². The molecule has 0 aliphatic heterocycles. The summed E-state index contributed by atoms with van der Waals surface area (Å²) in [6.45, 7) is 4.77. The van der Waals surface area contributed by atoms with Crippen molar-refractivity contribution in [1.82, 2.24) is 5.32 Å². The number of carbonyl (C=O) groups is 1. The fraction of sp³-hybridized carbons (Fsp3) is 0.824. The number of nitrogens with one attached hydrogen (secondary N) is 1. The first kappa shape index (κ1) is 58.5. The van der Waals surface area contributed by atoms with Crippen molar-refractivity contribution >= 4 is 13.7 Å². The van der Waals surface area contributed by atoms with Crippen LogP contribution in [0.5, 0.6) is 0 Å². The molecule has 0 radical (unpaired) electrons. The van der Waals surface area contributed by atoms with Crippen LogP contribution in [0.25, 0.3) is 0 Å². The second kappa shape index (κ2) is 42.7. The van der Waals surface area contributed by atoms with E-state index in [0.29, 0.717) is 23.9 Å². The number of aliphatic hydroxyl groups excluding tert-OH is 1. The molecule has 0 aromatic carbocycles. The number of rotatable bonds is 45. The Morgan fingerprint density at radius 1 is 0.583 bits per heavy atom. The molecule has 0 aromatic rings. The average molecular weight is 866 g/mol. The Morgan fingerprint density at radius 2 is 1.00 bits per heavy atom. The molecule has 8 nitrogen and oxygen atoms in total. The lowest BCUT2D eigenvalue weighted by Crippen LogP contribution is -2.46. The fourth-order valence-electron chi connectivity index (χ4n) is 7.16. The van der Waals surface area contributed by atoms with E-state index < -0.39 is 20.0 Å². The van der Waals surface area contributed by atoms with Crippen molar-refractivity contribution < 1.29 is 32.9 Å². The van der Waals surface area contributed by atoms with E-state index in [-0.39, 0.29) is 19.1 Å². The quantitative estimate of drug-likeness (QED) is 0.0244. The van der Waals surface area contributed by atoms with E-state index in [1.165, 1.54) is 128 Å². The van der Waals surface area contributed by atoms with Crippen LogP contribution in [0.1, 0.15) is 219 Å². The van der Waals surface area contributed by atoms with Crippen LogP contribution in [-0.2, 0) is 18.4 Å². The minimum atomic E-state index is -4.32. The van der Waals surface area contributed by atoms with Crippen molar-refractivity contribution in [3.05, 3.63) is 48.6 Å². The molecule has 3 N–H and O–H groups in total. The highest BCUT2D eigenvalue weighted by molar-refractivity contribution is 7.47. The Labute approximate surface area is 371 Å². The fourth-order valence-corrected chi connectivity index (χ4v) is 7.89. The van der Waals surface area contributed by atoms with E-state index in [2.05, 4.69) is 67.8 Å². The van der Waals surface area contributed by atoms with E-state index in [4.69, 9.17) is 9.05 Å². The van der Waals surface area contributed by atoms with Gasteiger partial charge >= 0.3 is 7.82 Å². The van der Waals surface area contributed by atoms with Gasteiger partial charge in [0.2, 0.25) is 5.91 Å². The number of phosphoric ester groups is 1. The van der Waals surface area contributed by atoms with Gasteiger partial charge in [0.1, 0.15) is 13.2 Å². The van der Waals surface area contributed by atoms with Crippen LogP contribution >= 0.6 is 7.82 Å². The highest BCUT2D eigenvalue weighted by Gasteiger charge is 2.28. The van der Waals surface area contributed by atoms with Crippen molar-refractivity contribution in [3.8, 4) is 0 Å². The third-order valence-corrected chi connectivity index (χ3v) is 12.1. The van der Waals surface area contributed by atoms with Crippen molar-refractivity contribution in [2.24, 2.45) is 0 Å². The van der Waals surface area contributed by atoms with Crippen molar-refractivity contribution in [2.45, 2.75) is 231 Å². The Morgan fingerprint density at radius 3 is 1.47 bits per heavy atom. The lowest BCUT2D eigenvalue weighted by molar-refractivity contribution is -0.870. The van der Waals surface area contributed by atoms with Gasteiger partial charge in [-0.2, -0.15) is 0 Å². The molecule has 0 rings (SSSR count). The number of likely N-dealkylation sites (N-methyl/N-ethyl adjacent to an activating group) is 1. The lowest BCUT2D eigenvalue weighted by atomic mass is 10.0. The zero-order valence-electron chi connectivity index (χ0n) is 39.9. The SMILES string of the molecule is CC/C=C\C/C=C\C/C=C\C/C=C\CCCCCCCCCCCCCCC(=O)NC(COP(=O)(O)OCC[N+](C)(C)C)C(O)CCCCCCCCCCCCCCC. The number of carbonyl (C=O) groups excluding carboxylic acids is 1. The maximum absolute atomic E-state index is 12.9. The number of hydrogen-bond acceptors (Lipinski definition) is 5. The van der Waals surface area contributed by atoms with E-state index in [0.717, 1.165) is 64.2 Å². The molecule has 352 valence electrons. The molecule has 0 fully saturated rings. The molecule has 0 aromatic heterocycles. The zero-order valence-corrected chi connectivity index (χ0v) is 40.8. The molecule has 60 heavy (non-hydrogen) atoms. The standard InChI is InChI=1S/C51H97N2O6P/c1-6-8-10-12-14-16-18-20-21-22-23-24-25-26-27-28-29-30-31-33-35-37-39-41-43-45-51(55)52-49(48-59-60(56,57)58-47-46-53(3,4)5)50(54)44-42-40-38-36-34-32-19-17-15-13-11-9-7-2/h8,10,14,16,20-21,23-24,49-50,54H,6-7,9,11-13,15,17-19,22,25-48H2,1-5H3,(H-,52,55,56,57)/p+1/b10-8-,16-14-,21-20-,24-23-. The van der Waals surface area contributed by atoms with Crippen molar-refractivity contribution in [2.75, 3.05) is 40.9 Å². The van der Waals surface area contributed by atoms with Crippen molar-refractivity contribution in [3.63, 3.8) is 0 Å². The summed E-state index contributed by atoms with van der Waals surface area (Å²) in [5.41, 5.74) is 0. The molecule has 0 bridgehead atoms. The van der Waals surface area contributed by atoms with Gasteiger partial charge in [-0.05, 0) is 51.4 Å². The van der Waals surface area contributed by atoms with E-state index in [1.54, 1.807) is 0 Å². The molecule has 9 heteroatoms.